The Hall–Kier alpha value is -0.380. The van der Waals surface area contributed by atoms with Gasteiger partial charge in [0.1, 0.15) is 0 Å². The summed E-state index contributed by atoms with van der Waals surface area (Å²) in [5.74, 6) is 4.97. The lowest BCUT2D eigenvalue weighted by Gasteiger charge is -2.55. The van der Waals surface area contributed by atoms with Crippen LogP contribution >= 0.6 is 0 Å². The van der Waals surface area contributed by atoms with Crippen molar-refractivity contribution in [3.05, 3.63) is 11.1 Å². The van der Waals surface area contributed by atoms with Gasteiger partial charge in [-0.2, -0.15) is 0 Å². The summed E-state index contributed by atoms with van der Waals surface area (Å²) in [6, 6.07) is 0.795. The van der Waals surface area contributed by atoms with Gasteiger partial charge in [-0.15, -0.1) is 0 Å². The first kappa shape index (κ1) is 20.2. The summed E-state index contributed by atoms with van der Waals surface area (Å²) in [7, 11) is 0. The van der Waals surface area contributed by atoms with E-state index in [-0.39, 0.29) is 17.6 Å². The third-order valence-electron chi connectivity index (χ3n) is 11.4. The predicted octanol–water partition coefficient (Wildman–Crippen LogP) is 4.63. The zero-order valence-electron chi connectivity index (χ0n) is 19.4. The monoisotopic (exact) mass is 413 g/mol. The molecule has 11 atom stereocenters. The highest BCUT2D eigenvalue weighted by Crippen LogP contribution is 2.66. The molecule has 0 spiro atoms. The second kappa shape index (κ2) is 7.06. The molecule has 30 heavy (non-hydrogen) atoms. The van der Waals surface area contributed by atoms with Crippen LogP contribution in [-0.4, -0.2) is 46.5 Å². The van der Waals surface area contributed by atoms with Crippen LogP contribution in [0, 0.1) is 46.8 Å². The Morgan fingerprint density at radius 3 is 2.57 bits per heavy atom. The molecule has 3 saturated carbocycles. The van der Waals surface area contributed by atoms with Gasteiger partial charge in [-0.05, 0) is 105 Å². The van der Waals surface area contributed by atoms with Crippen molar-refractivity contribution in [1.29, 1.82) is 0 Å². The third-order valence-corrected chi connectivity index (χ3v) is 11.4. The molecule has 0 aromatic rings. The third kappa shape index (κ3) is 2.80. The Morgan fingerprint density at radius 2 is 1.73 bits per heavy atom. The summed E-state index contributed by atoms with van der Waals surface area (Å²) < 4.78 is 0. The molecular formula is C27H43NO2. The van der Waals surface area contributed by atoms with Crippen molar-refractivity contribution in [2.45, 2.75) is 96.8 Å². The van der Waals surface area contributed by atoms with Gasteiger partial charge >= 0.3 is 0 Å². The van der Waals surface area contributed by atoms with E-state index in [0.717, 1.165) is 61.3 Å². The van der Waals surface area contributed by atoms with Crippen molar-refractivity contribution in [3.8, 4) is 0 Å². The van der Waals surface area contributed by atoms with E-state index in [9.17, 15) is 10.2 Å². The zero-order valence-corrected chi connectivity index (χ0v) is 19.4. The van der Waals surface area contributed by atoms with Crippen LogP contribution in [0.3, 0.4) is 0 Å². The van der Waals surface area contributed by atoms with Crippen LogP contribution in [0.5, 0.6) is 0 Å². The van der Waals surface area contributed by atoms with Gasteiger partial charge < -0.3 is 10.2 Å². The molecule has 0 bridgehead atoms. The number of hydrogen-bond donors (Lipinski definition) is 2. The molecule has 4 fully saturated rings. The summed E-state index contributed by atoms with van der Waals surface area (Å²) in [5.41, 5.74) is 3.94. The van der Waals surface area contributed by atoms with Gasteiger partial charge in [0.25, 0.3) is 0 Å². The van der Waals surface area contributed by atoms with Crippen molar-refractivity contribution in [2.24, 2.45) is 46.8 Å². The average Bonchev–Trinajstić information content (AvgIpc) is 3.09. The van der Waals surface area contributed by atoms with E-state index in [0.29, 0.717) is 11.8 Å². The van der Waals surface area contributed by atoms with Gasteiger partial charge in [0, 0.05) is 19.1 Å². The van der Waals surface area contributed by atoms with E-state index in [1.807, 2.05) is 11.1 Å². The lowest BCUT2D eigenvalue weighted by Crippen LogP contribution is -2.53. The fourth-order valence-corrected chi connectivity index (χ4v) is 9.90. The van der Waals surface area contributed by atoms with E-state index in [2.05, 4.69) is 25.7 Å². The van der Waals surface area contributed by atoms with Crippen molar-refractivity contribution in [1.82, 2.24) is 4.90 Å². The summed E-state index contributed by atoms with van der Waals surface area (Å²) in [4.78, 5) is 2.86. The Morgan fingerprint density at radius 1 is 0.900 bits per heavy atom. The summed E-state index contributed by atoms with van der Waals surface area (Å²) in [6.07, 6.45) is 10.4. The van der Waals surface area contributed by atoms with Gasteiger partial charge in [-0.1, -0.05) is 31.9 Å². The number of aliphatic hydroxyl groups is 2. The van der Waals surface area contributed by atoms with Gasteiger partial charge in [-0.25, -0.2) is 0 Å². The van der Waals surface area contributed by atoms with Crippen LogP contribution in [0.1, 0.15) is 78.6 Å². The number of nitrogens with zero attached hydrogens (tertiary/aromatic N) is 1. The van der Waals surface area contributed by atoms with Gasteiger partial charge in [0.2, 0.25) is 0 Å². The minimum atomic E-state index is -0.196. The van der Waals surface area contributed by atoms with Crippen LogP contribution in [0.15, 0.2) is 11.1 Å². The molecule has 2 heterocycles. The fourth-order valence-electron chi connectivity index (χ4n) is 9.90. The molecule has 0 aromatic heterocycles. The molecule has 3 nitrogen and oxygen atoms in total. The fraction of sp³-hybridized carbons (Fsp3) is 0.926. The van der Waals surface area contributed by atoms with E-state index in [1.165, 1.54) is 45.2 Å². The minimum Gasteiger partial charge on any atom is -0.393 e. The van der Waals surface area contributed by atoms with Gasteiger partial charge in [-0.3, -0.25) is 4.90 Å². The SMILES string of the molecule is C[C@H]1CC[C@H]2[C@H](C)C3=C(CN2C1)[C@@H]1C[C@H]2[C@@H](CC(O)[C@@H]4CC(O)CC[C@@]42C)[C@@H]1CC3. The minimum absolute atomic E-state index is 0.190. The number of piperidine rings is 1. The molecule has 6 rings (SSSR count). The molecule has 0 radical (unpaired) electrons. The second-order valence-electron chi connectivity index (χ2n) is 12.7. The topological polar surface area (TPSA) is 43.7 Å². The number of rotatable bonds is 0. The number of hydrogen-bond acceptors (Lipinski definition) is 3. The normalized spacial score (nSPS) is 55.9. The van der Waals surface area contributed by atoms with E-state index in [4.69, 9.17) is 0 Å². The Bertz CT molecular complexity index is 732. The predicted molar refractivity (Wildman–Crippen MR) is 120 cm³/mol. The Balaban J connectivity index is 1.32. The standard InChI is InChI=1S/C27H43NO2/c1-15-4-7-25-16(2)18-5-6-19-20(22(18)14-28(25)13-15)11-23-21(19)12-26(30)24-10-17(29)8-9-27(23,24)3/h15-17,19-21,23-26,29-30H,4-14H2,1-3H3/t15-,16+,17?,19+,20+,21-,23-,24-,25-,26?,27+/m0/s1. The maximum Gasteiger partial charge on any atom is 0.0577 e. The first-order chi connectivity index (χ1) is 14.4. The quantitative estimate of drug-likeness (QED) is 0.569. The van der Waals surface area contributed by atoms with Gasteiger partial charge in [0.05, 0.1) is 12.2 Å². The first-order valence-electron chi connectivity index (χ1n) is 13.2. The van der Waals surface area contributed by atoms with E-state index < -0.39 is 0 Å². The van der Waals surface area contributed by atoms with Crippen LogP contribution in [0.2, 0.25) is 0 Å². The Labute approximate surface area is 183 Å². The zero-order chi connectivity index (χ0) is 20.8. The van der Waals surface area contributed by atoms with E-state index in [1.54, 1.807) is 0 Å². The highest BCUT2D eigenvalue weighted by Gasteiger charge is 2.61. The molecule has 168 valence electrons. The molecule has 3 heteroatoms. The lowest BCUT2D eigenvalue weighted by atomic mass is 9.51. The molecule has 2 aliphatic heterocycles. The summed E-state index contributed by atoms with van der Waals surface area (Å²) >= 11 is 0. The highest BCUT2D eigenvalue weighted by molar-refractivity contribution is 5.32. The van der Waals surface area contributed by atoms with Crippen molar-refractivity contribution >= 4 is 0 Å². The largest absolute Gasteiger partial charge is 0.393 e. The average molecular weight is 414 g/mol. The van der Waals surface area contributed by atoms with Crippen LogP contribution < -0.4 is 0 Å². The molecule has 0 amide bonds. The molecule has 2 unspecified atom stereocenters. The van der Waals surface area contributed by atoms with E-state index >= 15 is 0 Å². The highest BCUT2D eigenvalue weighted by atomic mass is 16.3. The number of aliphatic hydroxyl groups excluding tert-OH is 2. The molecule has 6 aliphatic rings. The Kier molecular flexibility index (Phi) is 4.76. The van der Waals surface area contributed by atoms with Crippen LogP contribution in [-0.2, 0) is 0 Å². The summed E-state index contributed by atoms with van der Waals surface area (Å²) in [6.45, 7) is 10.0. The molecule has 0 aromatic carbocycles. The second-order valence-corrected chi connectivity index (χ2v) is 12.7. The molecule has 4 aliphatic carbocycles. The van der Waals surface area contributed by atoms with Crippen molar-refractivity contribution in [3.63, 3.8) is 0 Å². The maximum atomic E-state index is 11.2. The lowest BCUT2D eigenvalue weighted by molar-refractivity contribution is -0.129. The summed E-state index contributed by atoms with van der Waals surface area (Å²) in [5, 5.41) is 21.5. The first-order valence-corrected chi connectivity index (χ1v) is 13.2. The molecule has 1 saturated heterocycles. The molecule has 2 N–H and O–H groups in total. The van der Waals surface area contributed by atoms with Crippen LogP contribution in [0.4, 0.5) is 0 Å². The smallest absolute Gasteiger partial charge is 0.0577 e. The van der Waals surface area contributed by atoms with Gasteiger partial charge in [0.15, 0.2) is 0 Å². The molecular weight excluding hydrogens is 370 g/mol. The number of fused-ring (bicyclic) bond motifs is 7. The van der Waals surface area contributed by atoms with Crippen molar-refractivity contribution < 1.29 is 10.2 Å². The van der Waals surface area contributed by atoms with Crippen LogP contribution in [0.25, 0.3) is 0 Å². The maximum absolute atomic E-state index is 11.2. The van der Waals surface area contributed by atoms with Crippen molar-refractivity contribution in [2.75, 3.05) is 13.1 Å².